The zero-order valence-electron chi connectivity index (χ0n) is 13.7. The van der Waals surface area contributed by atoms with Crippen LogP contribution < -0.4 is 0 Å². The van der Waals surface area contributed by atoms with Crippen LogP contribution in [0.4, 0.5) is 13.2 Å². The largest absolute Gasteiger partial charge is 0.480 e. The van der Waals surface area contributed by atoms with Crippen LogP contribution in [-0.2, 0) is 4.79 Å². The monoisotopic (exact) mass is 360 g/mol. The summed E-state index contributed by atoms with van der Waals surface area (Å²) in [7, 11) is 0. The van der Waals surface area contributed by atoms with E-state index in [2.05, 4.69) is 4.98 Å². The molecule has 1 heterocycles. The standard InChI is InChI=1S/C19H15F3N2O2/c1-12-23-11-16(17(18(25)26)19(20,21)22)24(12)15-9-7-14(8-10-15)13-5-3-2-4-6-13/h2-11,17H,1H3,(H,25,26). The summed E-state index contributed by atoms with van der Waals surface area (Å²) in [5, 5.41) is 9.07. The minimum Gasteiger partial charge on any atom is -0.480 e. The Morgan fingerprint density at radius 2 is 1.62 bits per heavy atom. The van der Waals surface area contributed by atoms with Gasteiger partial charge in [-0.3, -0.25) is 9.36 Å². The number of aromatic nitrogens is 2. The van der Waals surface area contributed by atoms with Crippen molar-refractivity contribution in [2.75, 3.05) is 0 Å². The van der Waals surface area contributed by atoms with E-state index in [1.54, 1.807) is 24.3 Å². The first-order chi connectivity index (χ1) is 12.3. The molecule has 0 saturated carbocycles. The molecule has 1 aromatic heterocycles. The number of nitrogens with zero attached hydrogens (tertiary/aromatic N) is 2. The molecule has 1 atom stereocenters. The molecule has 0 bridgehead atoms. The molecule has 134 valence electrons. The van der Waals surface area contributed by atoms with E-state index in [1.807, 2.05) is 30.3 Å². The van der Waals surface area contributed by atoms with Crippen LogP contribution in [-0.4, -0.2) is 26.8 Å². The number of halogens is 3. The molecular formula is C19H15F3N2O2. The summed E-state index contributed by atoms with van der Waals surface area (Å²) >= 11 is 0. The SMILES string of the molecule is Cc1ncc(C(C(=O)O)C(F)(F)F)n1-c1ccc(-c2ccccc2)cc1. The molecule has 0 aliphatic rings. The van der Waals surface area contributed by atoms with Gasteiger partial charge in [0, 0.05) is 5.69 Å². The molecule has 7 heteroatoms. The normalized spacial score (nSPS) is 12.8. The van der Waals surface area contributed by atoms with Crippen LogP contribution in [0.1, 0.15) is 17.4 Å². The number of aliphatic carboxylic acids is 1. The van der Waals surface area contributed by atoms with Crippen molar-refractivity contribution in [1.82, 2.24) is 9.55 Å². The molecule has 0 spiro atoms. The predicted octanol–water partition coefficient (Wildman–Crippen LogP) is 4.58. The number of carbonyl (C=O) groups is 1. The van der Waals surface area contributed by atoms with Gasteiger partial charge in [-0.25, -0.2) is 4.98 Å². The summed E-state index contributed by atoms with van der Waals surface area (Å²) in [5.74, 6) is -4.32. The Morgan fingerprint density at radius 1 is 1.04 bits per heavy atom. The molecule has 0 aliphatic carbocycles. The van der Waals surface area contributed by atoms with E-state index in [0.717, 1.165) is 17.3 Å². The summed E-state index contributed by atoms with van der Waals surface area (Å²) in [6.45, 7) is 1.53. The fraction of sp³-hybridized carbons (Fsp3) is 0.158. The van der Waals surface area contributed by atoms with Crippen LogP contribution in [0.2, 0.25) is 0 Å². The van der Waals surface area contributed by atoms with Gasteiger partial charge in [0.1, 0.15) is 5.82 Å². The molecule has 0 fully saturated rings. The Hall–Kier alpha value is -3.09. The van der Waals surface area contributed by atoms with E-state index >= 15 is 0 Å². The van der Waals surface area contributed by atoms with Crippen LogP contribution in [0.15, 0.2) is 60.8 Å². The van der Waals surface area contributed by atoms with E-state index in [0.29, 0.717) is 5.69 Å². The number of rotatable bonds is 4. The number of benzene rings is 2. The molecule has 2 aromatic carbocycles. The Balaban J connectivity index is 2.05. The molecule has 0 aliphatic heterocycles. The van der Waals surface area contributed by atoms with Crippen molar-refractivity contribution >= 4 is 5.97 Å². The molecule has 0 amide bonds. The summed E-state index contributed by atoms with van der Waals surface area (Å²) in [6.07, 6.45) is -3.95. The smallest absolute Gasteiger partial charge is 0.407 e. The number of carboxylic acid groups (broad SMARTS) is 1. The second kappa shape index (κ2) is 6.67. The highest BCUT2D eigenvalue weighted by molar-refractivity contribution is 5.77. The van der Waals surface area contributed by atoms with Crippen molar-refractivity contribution < 1.29 is 23.1 Å². The van der Waals surface area contributed by atoms with Crippen LogP contribution in [0.5, 0.6) is 0 Å². The third-order valence-corrected chi connectivity index (χ3v) is 4.07. The van der Waals surface area contributed by atoms with Crippen LogP contribution in [0.25, 0.3) is 16.8 Å². The van der Waals surface area contributed by atoms with Gasteiger partial charge in [-0.2, -0.15) is 13.2 Å². The average molecular weight is 360 g/mol. The summed E-state index contributed by atoms with van der Waals surface area (Å²) in [4.78, 5) is 15.1. The number of hydrogen-bond donors (Lipinski definition) is 1. The minimum atomic E-state index is -4.92. The molecule has 0 saturated heterocycles. The van der Waals surface area contributed by atoms with Crippen molar-refractivity contribution in [2.45, 2.75) is 19.0 Å². The van der Waals surface area contributed by atoms with Gasteiger partial charge in [0.05, 0.1) is 11.9 Å². The Labute approximate surface area is 147 Å². The summed E-state index contributed by atoms with van der Waals surface area (Å²) < 4.78 is 40.9. The number of aryl methyl sites for hydroxylation is 1. The lowest BCUT2D eigenvalue weighted by atomic mass is 10.0. The molecule has 1 unspecified atom stereocenters. The number of carboxylic acids is 1. The molecule has 3 aromatic rings. The minimum absolute atomic E-state index is 0.281. The van der Waals surface area contributed by atoms with Crippen molar-refractivity contribution in [3.8, 4) is 16.8 Å². The molecular weight excluding hydrogens is 345 g/mol. The molecule has 1 N–H and O–H groups in total. The highest BCUT2D eigenvalue weighted by Gasteiger charge is 2.48. The van der Waals surface area contributed by atoms with Gasteiger partial charge in [0.15, 0.2) is 5.92 Å². The van der Waals surface area contributed by atoms with Crippen molar-refractivity contribution in [3.05, 3.63) is 72.3 Å². The van der Waals surface area contributed by atoms with Crippen molar-refractivity contribution in [3.63, 3.8) is 0 Å². The molecule has 4 nitrogen and oxygen atoms in total. The maximum absolute atomic E-state index is 13.2. The third kappa shape index (κ3) is 3.33. The number of alkyl halides is 3. The first-order valence-electron chi connectivity index (χ1n) is 7.78. The van der Waals surface area contributed by atoms with E-state index in [4.69, 9.17) is 5.11 Å². The van der Waals surface area contributed by atoms with E-state index < -0.39 is 23.8 Å². The summed E-state index contributed by atoms with van der Waals surface area (Å²) in [6, 6.07) is 16.4. The average Bonchev–Trinajstić information content (AvgIpc) is 2.95. The zero-order valence-corrected chi connectivity index (χ0v) is 13.7. The second-order valence-electron chi connectivity index (χ2n) is 5.79. The zero-order chi connectivity index (χ0) is 18.9. The van der Waals surface area contributed by atoms with Gasteiger partial charge in [-0.15, -0.1) is 0 Å². The Bertz CT molecular complexity index is 916. The fourth-order valence-corrected chi connectivity index (χ4v) is 2.87. The van der Waals surface area contributed by atoms with Crippen LogP contribution in [0, 0.1) is 6.92 Å². The Morgan fingerprint density at radius 3 is 2.15 bits per heavy atom. The first-order valence-corrected chi connectivity index (χ1v) is 7.78. The Kier molecular flexibility index (Phi) is 4.54. The molecule has 26 heavy (non-hydrogen) atoms. The fourth-order valence-electron chi connectivity index (χ4n) is 2.87. The highest BCUT2D eigenvalue weighted by Crippen LogP contribution is 2.36. The first kappa shape index (κ1) is 17.7. The molecule has 0 radical (unpaired) electrons. The maximum atomic E-state index is 13.2. The predicted molar refractivity (Wildman–Crippen MR) is 90.2 cm³/mol. The van der Waals surface area contributed by atoms with Gasteiger partial charge in [-0.1, -0.05) is 42.5 Å². The van der Waals surface area contributed by atoms with Gasteiger partial charge >= 0.3 is 12.1 Å². The summed E-state index contributed by atoms with van der Waals surface area (Å²) in [5.41, 5.74) is 1.87. The van der Waals surface area contributed by atoms with Crippen molar-refractivity contribution in [1.29, 1.82) is 0 Å². The second-order valence-corrected chi connectivity index (χ2v) is 5.79. The quantitative estimate of drug-likeness (QED) is 0.741. The van der Waals surface area contributed by atoms with Gasteiger partial charge < -0.3 is 5.11 Å². The van der Waals surface area contributed by atoms with E-state index in [9.17, 15) is 18.0 Å². The van der Waals surface area contributed by atoms with Crippen LogP contribution in [0.3, 0.4) is 0 Å². The third-order valence-electron chi connectivity index (χ3n) is 4.07. The maximum Gasteiger partial charge on any atom is 0.407 e. The van der Waals surface area contributed by atoms with Crippen LogP contribution >= 0.6 is 0 Å². The lowest BCUT2D eigenvalue weighted by Gasteiger charge is -2.19. The number of hydrogen-bond acceptors (Lipinski definition) is 2. The molecule has 3 rings (SSSR count). The van der Waals surface area contributed by atoms with Crippen molar-refractivity contribution in [2.24, 2.45) is 0 Å². The van der Waals surface area contributed by atoms with Gasteiger partial charge in [0.25, 0.3) is 0 Å². The lowest BCUT2D eigenvalue weighted by molar-refractivity contribution is -0.177. The number of imidazole rings is 1. The van der Waals surface area contributed by atoms with Gasteiger partial charge in [-0.05, 0) is 30.2 Å². The topological polar surface area (TPSA) is 55.1 Å². The van der Waals surface area contributed by atoms with Gasteiger partial charge in [0.2, 0.25) is 0 Å². The van der Waals surface area contributed by atoms with E-state index in [1.165, 1.54) is 11.5 Å². The lowest BCUT2D eigenvalue weighted by Crippen LogP contribution is -2.30. The highest BCUT2D eigenvalue weighted by atomic mass is 19.4. The van der Waals surface area contributed by atoms with E-state index in [-0.39, 0.29) is 5.82 Å².